The van der Waals surface area contributed by atoms with E-state index in [4.69, 9.17) is 5.40 Å². The standard InChI is InChI=1S/C10H25NSi/c1-5-7-8-10(6-2)9-12(3,4)11/h10H,5-9,11H2,1-4H3. The highest BCUT2D eigenvalue weighted by Gasteiger charge is 2.19. The average Bonchev–Trinajstić information content (AvgIpc) is 1.95. The molecule has 0 bridgehead atoms. The van der Waals surface area contributed by atoms with Crippen molar-refractivity contribution in [1.29, 1.82) is 0 Å². The van der Waals surface area contributed by atoms with Gasteiger partial charge in [-0.2, -0.15) is 0 Å². The zero-order valence-electron chi connectivity index (χ0n) is 9.19. The monoisotopic (exact) mass is 187 g/mol. The Morgan fingerprint density at radius 2 is 1.83 bits per heavy atom. The van der Waals surface area contributed by atoms with Gasteiger partial charge in [0.1, 0.15) is 8.24 Å². The van der Waals surface area contributed by atoms with Crippen molar-refractivity contribution >= 4 is 8.24 Å². The molecule has 12 heavy (non-hydrogen) atoms. The smallest absolute Gasteiger partial charge is 0.117 e. The van der Waals surface area contributed by atoms with Crippen LogP contribution in [0.2, 0.25) is 19.1 Å². The molecule has 1 unspecified atom stereocenters. The molecule has 0 heterocycles. The number of unbranched alkanes of at least 4 members (excludes halogenated alkanes) is 1. The van der Waals surface area contributed by atoms with Crippen molar-refractivity contribution in [3.8, 4) is 0 Å². The number of hydrogen-bond acceptors (Lipinski definition) is 1. The van der Waals surface area contributed by atoms with Gasteiger partial charge in [0.15, 0.2) is 0 Å². The molecule has 1 nitrogen and oxygen atoms in total. The molecular weight excluding hydrogens is 162 g/mol. The molecule has 0 saturated carbocycles. The average molecular weight is 187 g/mol. The van der Waals surface area contributed by atoms with Gasteiger partial charge in [0.25, 0.3) is 0 Å². The first-order valence-electron chi connectivity index (χ1n) is 5.28. The Kier molecular flexibility index (Phi) is 5.84. The number of rotatable bonds is 6. The normalized spacial score (nSPS) is 14.8. The first-order valence-corrected chi connectivity index (χ1v) is 8.57. The van der Waals surface area contributed by atoms with Crippen molar-refractivity contribution in [3.63, 3.8) is 0 Å². The second kappa shape index (κ2) is 5.76. The summed E-state index contributed by atoms with van der Waals surface area (Å²) in [5.74, 6) is 0.900. The van der Waals surface area contributed by atoms with Crippen LogP contribution in [0.25, 0.3) is 0 Å². The molecule has 2 N–H and O–H groups in total. The van der Waals surface area contributed by atoms with Gasteiger partial charge in [-0.15, -0.1) is 0 Å². The van der Waals surface area contributed by atoms with E-state index in [-0.39, 0.29) is 0 Å². The van der Waals surface area contributed by atoms with Crippen LogP contribution >= 0.6 is 0 Å². The Balaban J connectivity index is 3.67. The Hall–Kier alpha value is 0.177. The molecule has 0 aliphatic heterocycles. The van der Waals surface area contributed by atoms with E-state index in [1.54, 1.807) is 0 Å². The maximum absolute atomic E-state index is 6.12. The topological polar surface area (TPSA) is 26.0 Å². The summed E-state index contributed by atoms with van der Waals surface area (Å²) in [5.41, 5.74) is 0. The SMILES string of the molecule is CCCCC(CC)C[Si](C)(C)N. The Labute approximate surface area is 78.8 Å². The third-order valence-electron chi connectivity index (χ3n) is 2.36. The molecule has 0 spiro atoms. The first kappa shape index (κ1) is 12.2. The summed E-state index contributed by atoms with van der Waals surface area (Å²) in [6, 6.07) is 1.31. The molecule has 0 rings (SSSR count). The van der Waals surface area contributed by atoms with E-state index >= 15 is 0 Å². The van der Waals surface area contributed by atoms with Gasteiger partial charge in [-0.3, -0.25) is 0 Å². The minimum atomic E-state index is -1.29. The Bertz CT molecular complexity index is 107. The second-order valence-corrected chi connectivity index (χ2v) is 8.99. The van der Waals surface area contributed by atoms with Gasteiger partial charge < -0.3 is 5.40 Å². The zero-order chi connectivity index (χ0) is 9.61. The summed E-state index contributed by atoms with van der Waals surface area (Å²) >= 11 is 0. The van der Waals surface area contributed by atoms with Crippen LogP contribution in [0.4, 0.5) is 0 Å². The van der Waals surface area contributed by atoms with Crippen molar-refractivity contribution in [1.82, 2.24) is 0 Å². The molecule has 0 aliphatic rings. The summed E-state index contributed by atoms with van der Waals surface area (Å²) in [4.78, 5) is 0. The third-order valence-corrected chi connectivity index (χ3v) is 3.99. The second-order valence-electron chi connectivity index (χ2n) is 4.61. The molecule has 2 heteroatoms. The van der Waals surface area contributed by atoms with Gasteiger partial charge >= 0.3 is 0 Å². The quantitative estimate of drug-likeness (QED) is 0.634. The molecule has 0 aromatic carbocycles. The van der Waals surface area contributed by atoms with Crippen LogP contribution in [0.15, 0.2) is 0 Å². The summed E-state index contributed by atoms with van der Waals surface area (Å²) in [7, 11) is -1.29. The lowest BCUT2D eigenvalue weighted by Crippen LogP contribution is -2.39. The highest BCUT2D eigenvalue weighted by molar-refractivity contribution is 6.74. The molecule has 0 fully saturated rings. The highest BCUT2D eigenvalue weighted by Crippen LogP contribution is 2.21. The minimum absolute atomic E-state index is 0.900. The van der Waals surface area contributed by atoms with Crippen LogP contribution in [-0.4, -0.2) is 8.24 Å². The molecular formula is C10H25NSi. The fourth-order valence-corrected chi connectivity index (χ4v) is 3.67. The van der Waals surface area contributed by atoms with Crippen molar-refractivity contribution < 1.29 is 0 Å². The summed E-state index contributed by atoms with van der Waals surface area (Å²) in [5, 5.41) is 6.12. The fraction of sp³-hybridized carbons (Fsp3) is 1.00. The van der Waals surface area contributed by atoms with Gasteiger partial charge in [0.05, 0.1) is 0 Å². The van der Waals surface area contributed by atoms with Gasteiger partial charge in [-0.05, 0) is 12.0 Å². The summed E-state index contributed by atoms with van der Waals surface area (Å²) < 4.78 is 0. The van der Waals surface area contributed by atoms with E-state index in [0.29, 0.717) is 0 Å². The van der Waals surface area contributed by atoms with E-state index in [0.717, 1.165) is 5.92 Å². The van der Waals surface area contributed by atoms with Crippen LogP contribution in [0.1, 0.15) is 39.5 Å². The van der Waals surface area contributed by atoms with E-state index in [1.807, 2.05) is 0 Å². The zero-order valence-corrected chi connectivity index (χ0v) is 10.2. The molecule has 0 amide bonds. The van der Waals surface area contributed by atoms with Crippen molar-refractivity contribution in [2.75, 3.05) is 0 Å². The van der Waals surface area contributed by atoms with Gasteiger partial charge in [-0.1, -0.05) is 52.6 Å². The van der Waals surface area contributed by atoms with Crippen molar-refractivity contribution in [2.24, 2.45) is 11.3 Å². The minimum Gasteiger partial charge on any atom is -0.351 e. The predicted octanol–water partition coefficient (Wildman–Crippen LogP) is 3.37. The maximum Gasteiger partial charge on any atom is 0.117 e. The van der Waals surface area contributed by atoms with Gasteiger partial charge in [-0.25, -0.2) is 0 Å². The largest absolute Gasteiger partial charge is 0.351 e. The van der Waals surface area contributed by atoms with E-state index in [2.05, 4.69) is 26.9 Å². The van der Waals surface area contributed by atoms with Crippen LogP contribution in [0.5, 0.6) is 0 Å². The van der Waals surface area contributed by atoms with Crippen LogP contribution in [-0.2, 0) is 0 Å². The van der Waals surface area contributed by atoms with E-state index in [1.165, 1.54) is 31.7 Å². The third kappa shape index (κ3) is 6.86. The lowest BCUT2D eigenvalue weighted by Gasteiger charge is -2.22. The van der Waals surface area contributed by atoms with Crippen molar-refractivity contribution in [2.45, 2.75) is 58.7 Å². The van der Waals surface area contributed by atoms with Crippen LogP contribution < -0.4 is 5.40 Å². The van der Waals surface area contributed by atoms with Crippen LogP contribution in [0.3, 0.4) is 0 Å². The molecule has 0 aromatic heterocycles. The highest BCUT2D eigenvalue weighted by atomic mass is 28.3. The molecule has 1 atom stereocenters. The molecule has 74 valence electrons. The lowest BCUT2D eigenvalue weighted by atomic mass is 10.0. The molecule has 0 radical (unpaired) electrons. The molecule has 0 saturated heterocycles. The Morgan fingerprint density at radius 3 is 2.17 bits per heavy atom. The maximum atomic E-state index is 6.12. The summed E-state index contributed by atoms with van der Waals surface area (Å²) in [6.07, 6.45) is 5.40. The first-order chi connectivity index (χ1) is 5.49. The molecule has 0 aromatic rings. The number of nitrogens with two attached hydrogens (primary N) is 1. The number of hydrogen-bond donors (Lipinski definition) is 1. The van der Waals surface area contributed by atoms with Gasteiger partial charge in [0.2, 0.25) is 0 Å². The van der Waals surface area contributed by atoms with E-state index in [9.17, 15) is 0 Å². The van der Waals surface area contributed by atoms with Crippen molar-refractivity contribution in [3.05, 3.63) is 0 Å². The predicted molar refractivity (Wildman–Crippen MR) is 59.8 cm³/mol. The fourth-order valence-electron chi connectivity index (χ4n) is 1.69. The molecule has 0 aliphatic carbocycles. The van der Waals surface area contributed by atoms with E-state index < -0.39 is 8.24 Å². The lowest BCUT2D eigenvalue weighted by molar-refractivity contribution is 0.485. The Morgan fingerprint density at radius 1 is 1.25 bits per heavy atom. The van der Waals surface area contributed by atoms with Crippen LogP contribution in [0, 0.1) is 5.92 Å². The summed E-state index contributed by atoms with van der Waals surface area (Å²) in [6.45, 7) is 9.08. The van der Waals surface area contributed by atoms with Gasteiger partial charge in [0, 0.05) is 0 Å².